The van der Waals surface area contributed by atoms with Crippen molar-refractivity contribution in [1.82, 2.24) is 5.32 Å². The van der Waals surface area contributed by atoms with Crippen LogP contribution in [-0.4, -0.2) is 29.6 Å². The Bertz CT molecular complexity index is 1190. The molecule has 1 atom stereocenters. The van der Waals surface area contributed by atoms with Gasteiger partial charge in [0.15, 0.2) is 5.78 Å². The van der Waals surface area contributed by atoms with E-state index in [1.807, 2.05) is 68.4 Å². The lowest BCUT2D eigenvalue weighted by molar-refractivity contribution is -0.120. The largest absolute Gasteiger partial charge is 0.489 e. The third-order valence-corrected chi connectivity index (χ3v) is 6.00. The van der Waals surface area contributed by atoms with Crippen LogP contribution in [0.4, 0.5) is 0 Å². The third kappa shape index (κ3) is 8.06. The second-order valence-corrected chi connectivity index (χ2v) is 9.46. The first kappa shape index (κ1) is 27.2. The topological polar surface area (TPSA) is 72.5 Å². The van der Waals surface area contributed by atoms with Crippen molar-refractivity contribution < 1.29 is 19.1 Å². The second kappa shape index (κ2) is 13.0. The van der Waals surface area contributed by atoms with Crippen LogP contribution in [0, 0.1) is 0 Å². The lowest BCUT2D eigenvalue weighted by Crippen LogP contribution is -2.42. The van der Waals surface area contributed by atoms with E-state index in [4.69, 9.17) is 16.3 Å². The number of Topliss-reactive ketones (excluding diaryl/α,β-unsaturated/α-hetero) is 2. The highest BCUT2D eigenvalue weighted by atomic mass is 35.5. The average molecular weight is 506 g/mol. The average Bonchev–Trinajstić information content (AvgIpc) is 2.85. The van der Waals surface area contributed by atoms with E-state index in [1.54, 1.807) is 25.1 Å². The summed E-state index contributed by atoms with van der Waals surface area (Å²) < 4.78 is 5.62. The first-order valence-corrected chi connectivity index (χ1v) is 12.6. The van der Waals surface area contributed by atoms with Crippen LogP contribution in [-0.2, 0) is 28.9 Å². The maximum atomic E-state index is 12.9. The first-order chi connectivity index (χ1) is 17.2. The summed E-state index contributed by atoms with van der Waals surface area (Å²) in [6.45, 7) is 5.57. The molecule has 0 saturated carbocycles. The Balaban J connectivity index is 1.63. The van der Waals surface area contributed by atoms with Crippen LogP contribution < -0.4 is 10.1 Å². The molecule has 0 aliphatic rings. The van der Waals surface area contributed by atoms with Crippen molar-refractivity contribution in [3.8, 4) is 5.75 Å². The predicted molar refractivity (Wildman–Crippen MR) is 143 cm³/mol. The molecule has 1 unspecified atom stereocenters. The van der Waals surface area contributed by atoms with E-state index in [0.29, 0.717) is 42.0 Å². The van der Waals surface area contributed by atoms with E-state index >= 15 is 0 Å². The Morgan fingerprint density at radius 2 is 1.47 bits per heavy atom. The summed E-state index contributed by atoms with van der Waals surface area (Å²) in [4.78, 5) is 37.9. The number of halogens is 1. The summed E-state index contributed by atoms with van der Waals surface area (Å²) >= 11 is 6.27. The minimum absolute atomic E-state index is 0.0397. The minimum atomic E-state index is -0.668. The summed E-state index contributed by atoms with van der Waals surface area (Å²) in [6.07, 6.45) is 1.37. The van der Waals surface area contributed by atoms with Crippen molar-refractivity contribution in [2.24, 2.45) is 0 Å². The summed E-state index contributed by atoms with van der Waals surface area (Å²) in [5.74, 6) is 0.217. The Hall–Kier alpha value is -3.44. The van der Waals surface area contributed by atoms with Gasteiger partial charge in [-0.2, -0.15) is 0 Å². The predicted octanol–water partition coefficient (Wildman–Crippen LogP) is 5.80. The summed E-state index contributed by atoms with van der Waals surface area (Å²) in [5.41, 5.74) is 3.18. The van der Waals surface area contributed by atoms with Crippen LogP contribution in [0.15, 0.2) is 72.8 Å². The fourth-order valence-corrected chi connectivity index (χ4v) is 4.09. The molecule has 0 fully saturated rings. The lowest BCUT2D eigenvalue weighted by atomic mass is 9.97. The fourth-order valence-electron chi connectivity index (χ4n) is 3.87. The molecule has 188 valence electrons. The number of ketones is 2. The van der Waals surface area contributed by atoms with Gasteiger partial charge in [-0.05, 0) is 55.2 Å². The Morgan fingerprint density at radius 3 is 2.06 bits per heavy atom. The van der Waals surface area contributed by atoms with Crippen molar-refractivity contribution in [3.05, 3.63) is 100 Å². The van der Waals surface area contributed by atoms with Gasteiger partial charge >= 0.3 is 0 Å². The number of hydrogen-bond acceptors (Lipinski definition) is 4. The highest BCUT2D eigenvalue weighted by Gasteiger charge is 2.21. The van der Waals surface area contributed by atoms with Gasteiger partial charge in [0, 0.05) is 24.8 Å². The number of nitrogens with one attached hydrogen (secondary N) is 1. The molecule has 0 aromatic heterocycles. The molecule has 0 radical (unpaired) electrons. The second-order valence-electron chi connectivity index (χ2n) is 9.06. The van der Waals surface area contributed by atoms with Gasteiger partial charge in [0.1, 0.15) is 11.5 Å². The van der Waals surface area contributed by atoms with Gasteiger partial charge in [0.2, 0.25) is 0 Å². The van der Waals surface area contributed by atoms with Gasteiger partial charge in [0.25, 0.3) is 5.91 Å². The molecule has 5 nitrogen and oxygen atoms in total. The zero-order chi connectivity index (χ0) is 26.1. The first-order valence-electron chi connectivity index (χ1n) is 12.2. The summed E-state index contributed by atoms with van der Waals surface area (Å²) in [6, 6.07) is 21.5. The van der Waals surface area contributed by atoms with Crippen LogP contribution >= 0.6 is 11.6 Å². The van der Waals surface area contributed by atoms with Gasteiger partial charge in [-0.15, -0.1) is 0 Å². The number of amides is 1. The monoisotopic (exact) mass is 505 g/mol. The highest BCUT2D eigenvalue weighted by molar-refractivity contribution is 6.32. The van der Waals surface area contributed by atoms with Gasteiger partial charge in [0.05, 0.1) is 17.2 Å². The van der Waals surface area contributed by atoms with Crippen LogP contribution in [0.3, 0.4) is 0 Å². The number of benzene rings is 3. The van der Waals surface area contributed by atoms with E-state index in [0.717, 1.165) is 16.7 Å². The molecule has 6 heteroatoms. The molecule has 0 saturated heterocycles. The van der Waals surface area contributed by atoms with Crippen molar-refractivity contribution in [2.75, 3.05) is 0 Å². The molecule has 0 aliphatic heterocycles. The molecule has 1 amide bonds. The fraction of sp³-hybridized carbons (Fsp3) is 0.300. The summed E-state index contributed by atoms with van der Waals surface area (Å²) in [5, 5.41) is 3.19. The normalized spacial score (nSPS) is 11.7. The molecule has 3 aromatic carbocycles. The smallest absolute Gasteiger partial charge is 0.251 e. The van der Waals surface area contributed by atoms with Crippen molar-refractivity contribution in [3.63, 3.8) is 0 Å². The van der Waals surface area contributed by atoms with Gasteiger partial charge in [-0.1, -0.05) is 73.1 Å². The van der Waals surface area contributed by atoms with E-state index in [9.17, 15) is 14.4 Å². The Labute approximate surface area is 217 Å². The molecule has 36 heavy (non-hydrogen) atoms. The van der Waals surface area contributed by atoms with Crippen LogP contribution in [0.2, 0.25) is 5.02 Å². The third-order valence-electron chi connectivity index (χ3n) is 5.71. The molecule has 0 bridgehead atoms. The van der Waals surface area contributed by atoms with Gasteiger partial charge in [-0.25, -0.2) is 0 Å². The van der Waals surface area contributed by atoms with E-state index in [1.165, 1.54) is 0 Å². The zero-order valence-corrected chi connectivity index (χ0v) is 21.7. The Morgan fingerprint density at radius 1 is 0.861 bits per heavy atom. The maximum Gasteiger partial charge on any atom is 0.251 e. The van der Waals surface area contributed by atoms with E-state index < -0.39 is 6.04 Å². The molecular weight excluding hydrogens is 474 g/mol. The molecule has 0 heterocycles. The van der Waals surface area contributed by atoms with Crippen molar-refractivity contribution in [2.45, 2.75) is 58.6 Å². The molecule has 3 rings (SSSR count). The molecule has 3 aromatic rings. The number of carbonyl (C=O) groups excluding carboxylic acids is 3. The molecular formula is C30H32ClNO4. The van der Waals surface area contributed by atoms with Crippen molar-refractivity contribution in [1.29, 1.82) is 0 Å². The van der Waals surface area contributed by atoms with E-state index in [2.05, 4.69) is 5.32 Å². The number of hydrogen-bond donors (Lipinski definition) is 1. The number of rotatable bonds is 12. The Kier molecular flexibility index (Phi) is 9.83. The summed E-state index contributed by atoms with van der Waals surface area (Å²) in [7, 11) is 0. The van der Waals surface area contributed by atoms with Crippen LogP contribution in [0.1, 0.15) is 54.2 Å². The zero-order valence-electron chi connectivity index (χ0n) is 20.9. The highest BCUT2D eigenvalue weighted by Crippen LogP contribution is 2.26. The van der Waals surface area contributed by atoms with Crippen molar-refractivity contribution >= 4 is 29.1 Å². The molecule has 0 aliphatic carbocycles. The quantitative estimate of drug-likeness (QED) is 0.337. The van der Waals surface area contributed by atoms with Gasteiger partial charge < -0.3 is 10.1 Å². The van der Waals surface area contributed by atoms with Crippen LogP contribution in [0.25, 0.3) is 0 Å². The number of carbonyl (C=O) groups is 3. The van der Waals surface area contributed by atoms with Gasteiger partial charge in [-0.3, -0.25) is 14.4 Å². The lowest BCUT2D eigenvalue weighted by Gasteiger charge is -2.18. The van der Waals surface area contributed by atoms with Crippen LogP contribution in [0.5, 0.6) is 5.75 Å². The standard InChI is InChI=1S/C30H32ClNO4/c1-4-28(34)27(32-30(35)24-14-15-29(26(31)19-24)36-20(2)3)18-23-12-10-22(11-13-23)17-25(33)16-21-8-6-5-7-9-21/h5-15,19-20,27H,4,16-18H2,1-3H3,(H,32,35). The maximum absolute atomic E-state index is 12.9. The molecule has 0 spiro atoms. The SMILES string of the molecule is CCC(=O)C(Cc1ccc(CC(=O)Cc2ccccc2)cc1)NC(=O)c1ccc(OC(C)C)c(Cl)c1. The molecule has 1 N–H and O–H groups in total. The number of ether oxygens (including phenoxy) is 1. The minimum Gasteiger partial charge on any atom is -0.489 e. The van der Waals surface area contributed by atoms with E-state index in [-0.39, 0.29) is 23.6 Å².